The van der Waals surface area contributed by atoms with Gasteiger partial charge < -0.3 is 19.5 Å². The number of methoxy groups -OCH3 is 1. The van der Waals surface area contributed by atoms with Gasteiger partial charge in [-0.05, 0) is 34.9 Å². The van der Waals surface area contributed by atoms with Crippen LogP contribution < -0.4 is 4.90 Å². The number of esters is 1. The number of aromatic amines is 1. The quantitative estimate of drug-likeness (QED) is 0.399. The Morgan fingerprint density at radius 1 is 0.974 bits per heavy atom. The highest BCUT2D eigenvalue weighted by Gasteiger charge is 2.23. The lowest BCUT2D eigenvalue weighted by atomic mass is 9.98. The van der Waals surface area contributed by atoms with Gasteiger partial charge in [-0.15, -0.1) is 0 Å². The van der Waals surface area contributed by atoms with E-state index in [9.17, 15) is 9.59 Å². The highest BCUT2D eigenvalue weighted by molar-refractivity contribution is 5.90. The second kappa shape index (κ2) is 10.5. The van der Waals surface area contributed by atoms with Crippen LogP contribution in [0.15, 0.2) is 54.9 Å². The van der Waals surface area contributed by atoms with E-state index < -0.39 is 5.97 Å². The molecule has 0 unspecified atom stereocenters. The van der Waals surface area contributed by atoms with Crippen molar-refractivity contribution in [1.29, 1.82) is 0 Å². The second-order valence-electron chi connectivity index (χ2n) is 10.3. The maximum atomic E-state index is 11.7. The number of carbonyl (C=O) groups excluding carboxylic acids is 2. The number of amides is 1. The first-order valence-electron chi connectivity index (χ1n) is 13.3. The summed E-state index contributed by atoms with van der Waals surface area (Å²) in [6.45, 7) is 7.41. The Morgan fingerprint density at radius 3 is 2.49 bits per heavy atom. The maximum Gasteiger partial charge on any atom is 0.341 e. The fourth-order valence-electron chi connectivity index (χ4n) is 5.60. The van der Waals surface area contributed by atoms with Crippen molar-refractivity contribution in [3.05, 3.63) is 77.2 Å². The SMILES string of the molecule is COC(=O)c1cnc(N2CCc3[nH]c4ccc(-c5cccc(CN6CCN(C(C)=O)CC6)c5)cc4c3C2)nc1. The van der Waals surface area contributed by atoms with Crippen LogP contribution in [0.4, 0.5) is 5.95 Å². The molecule has 0 spiro atoms. The number of nitrogens with one attached hydrogen (secondary N) is 1. The first-order valence-corrected chi connectivity index (χ1v) is 13.3. The predicted molar refractivity (Wildman–Crippen MR) is 149 cm³/mol. The third-order valence-electron chi connectivity index (χ3n) is 7.80. The Kier molecular flexibility index (Phi) is 6.74. The summed E-state index contributed by atoms with van der Waals surface area (Å²) >= 11 is 0. The van der Waals surface area contributed by atoms with Gasteiger partial charge in [0.25, 0.3) is 0 Å². The van der Waals surface area contributed by atoms with Gasteiger partial charge >= 0.3 is 5.97 Å². The summed E-state index contributed by atoms with van der Waals surface area (Å²) < 4.78 is 4.76. The number of ether oxygens (including phenoxy) is 1. The number of hydrogen-bond donors (Lipinski definition) is 1. The Bertz CT molecular complexity index is 1520. The number of anilines is 1. The minimum Gasteiger partial charge on any atom is -0.465 e. The van der Waals surface area contributed by atoms with Crippen LogP contribution in [0, 0.1) is 0 Å². The molecule has 0 saturated carbocycles. The van der Waals surface area contributed by atoms with Crippen molar-refractivity contribution < 1.29 is 14.3 Å². The zero-order valence-corrected chi connectivity index (χ0v) is 22.3. The Balaban J connectivity index is 1.21. The molecular formula is C30H32N6O3. The number of nitrogens with zero attached hydrogens (tertiary/aromatic N) is 5. The number of H-pyrrole nitrogens is 1. The minimum absolute atomic E-state index is 0.158. The fourth-order valence-corrected chi connectivity index (χ4v) is 5.60. The van der Waals surface area contributed by atoms with Gasteiger partial charge in [0.2, 0.25) is 11.9 Å². The van der Waals surface area contributed by atoms with Crippen molar-refractivity contribution in [2.45, 2.75) is 26.4 Å². The van der Waals surface area contributed by atoms with Crippen LogP contribution >= 0.6 is 0 Å². The Labute approximate surface area is 227 Å². The van der Waals surface area contributed by atoms with E-state index in [1.54, 1.807) is 6.92 Å². The molecular weight excluding hydrogens is 492 g/mol. The molecule has 4 aromatic rings. The van der Waals surface area contributed by atoms with Crippen LogP contribution in [0.5, 0.6) is 0 Å². The molecule has 0 aliphatic carbocycles. The normalized spacial score (nSPS) is 15.8. The zero-order chi connectivity index (χ0) is 26.9. The fraction of sp³-hybridized carbons (Fsp3) is 0.333. The average molecular weight is 525 g/mol. The Morgan fingerprint density at radius 2 is 1.74 bits per heavy atom. The third-order valence-corrected chi connectivity index (χ3v) is 7.80. The molecule has 2 aromatic heterocycles. The molecule has 0 bridgehead atoms. The van der Waals surface area contributed by atoms with Gasteiger partial charge in [0.05, 0.1) is 12.7 Å². The van der Waals surface area contributed by atoms with Crippen LogP contribution in [0.3, 0.4) is 0 Å². The van der Waals surface area contributed by atoms with E-state index in [-0.39, 0.29) is 5.91 Å². The number of rotatable bonds is 5. The van der Waals surface area contributed by atoms with Crippen molar-refractivity contribution >= 4 is 28.7 Å². The van der Waals surface area contributed by atoms with Crippen LogP contribution in [0.25, 0.3) is 22.0 Å². The van der Waals surface area contributed by atoms with Gasteiger partial charge in [0.1, 0.15) is 0 Å². The lowest BCUT2D eigenvalue weighted by molar-refractivity contribution is -0.130. The Hall–Kier alpha value is -4.24. The van der Waals surface area contributed by atoms with Gasteiger partial charge in [-0.1, -0.05) is 24.3 Å². The van der Waals surface area contributed by atoms with Gasteiger partial charge in [-0.2, -0.15) is 0 Å². The molecule has 1 fully saturated rings. The molecule has 1 amide bonds. The molecule has 2 aromatic carbocycles. The van der Waals surface area contributed by atoms with Crippen molar-refractivity contribution in [3.8, 4) is 11.1 Å². The zero-order valence-electron chi connectivity index (χ0n) is 22.3. The molecule has 200 valence electrons. The van der Waals surface area contributed by atoms with E-state index in [0.29, 0.717) is 18.1 Å². The van der Waals surface area contributed by atoms with Crippen LogP contribution in [0.1, 0.15) is 34.1 Å². The molecule has 2 aliphatic heterocycles. The summed E-state index contributed by atoms with van der Waals surface area (Å²) in [6.07, 6.45) is 3.91. The van der Waals surface area contributed by atoms with Crippen molar-refractivity contribution in [1.82, 2.24) is 24.8 Å². The maximum absolute atomic E-state index is 11.7. The number of piperazine rings is 1. The third kappa shape index (κ3) is 5.09. The van der Waals surface area contributed by atoms with Crippen LogP contribution in [0.2, 0.25) is 0 Å². The second-order valence-corrected chi connectivity index (χ2v) is 10.3. The van der Waals surface area contributed by atoms with Gasteiger partial charge in [0.15, 0.2) is 0 Å². The average Bonchev–Trinajstić information content (AvgIpc) is 3.34. The molecule has 4 heterocycles. The van der Waals surface area contributed by atoms with Gasteiger partial charge in [-0.3, -0.25) is 9.69 Å². The van der Waals surface area contributed by atoms with Gasteiger partial charge in [0, 0.05) is 93.7 Å². The molecule has 9 nitrogen and oxygen atoms in total. The summed E-state index contributed by atoms with van der Waals surface area (Å²) in [6, 6.07) is 15.4. The highest BCUT2D eigenvalue weighted by atomic mass is 16.5. The molecule has 6 rings (SSSR count). The summed E-state index contributed by atoms with van der Waals surface area (Å²) in [5, 5.41) is 1.21. The standard InChI is InChI=1S/C30H32N6O3/c1-20(37)35-12-10-34(11-13-35)18-21-4-3-5-22(14-21)23-6-7-27-25(15-23)26-19-36(9-8-28(26)33-27)30-31-16-24(17-32-30)29(38)39-2/h3-7,14-17,33H,8-13,18-19H2,1-2H3. The monoisotopic (exact) mass is 524 g/mol. The lowest BCUT2D eigenvalue weighted by Crippen LogP contribution is -2.47. The molecule has 9 heteroatoms. The largest absolute Gasteiger partial charge is 0.465 e. The highest BCUT2D eigenvalue weighted by Crippen LogP contribution is 2.33. The van der Waals surface area contributed by atoms with E-state index in [1.807, 2.05) is 4.90 Å². The number of fused-ring (bicyclic) bond motifs is 3. The summed E-state index contributed by atoms with van der Waals surface area (Å²) in [5.74, 6) is 0.327. The minimum atomic E-state index is -0.439. The van der Waals surface area contributed by atoms with Gasteiger partial charge in [-0.25, -0.2) is 14.8 Å². The van der Waals surface area contributed by atoms with E-state index in [1.165, 1.54) is 52.8 Å². The van der Waals surface area contributed by atoms with E-state index in [0.717, 1.165) is 51.2 Å². The topological polar surface area (TPSA) is 94.7 Å². The molecule has 39 heavy (non-hydrogen) atoms. The summed E-state index contributed by atoms with van der Waals surface area (Å²) in [5.41, 5.74) is 7.65. The lowest BCUT2D eigenvalue weighted by Gasteiger charge is -2.34. The number of carbonyl (C=O) groups is 2. The molecule has 0 radical (unpaired) electrons. The van der Waals surface area contributed by atoms with E-state index >= 15 is 0 Å². The van der Waals surface area contributed by atoms with Crippen LogP contribution in [-0.4, -0.2) is 76.5 Å². The summed E-state index contributed by atoms with van der Waals surface area (Å²) in [7, 11) is 1.35. The molecule has 1 N–H and O–H groups in total. The molecule has 1 saturated heterocycles. The van der Waals surface area contributed by atoms with E-state index in [4.69, 9.17) is 4.74 Å². The summed E-state index contributed by atoms with van der Waals surface area (Å²) in [4.78, 5) is 42.3. The number of benzene rings is 2. The smallest absolute Gasteiger partial charge is 0.341 e. The van der Waals surface area contributed by atoms with Crippen LogP contribution in [-0.2, 0) is 29.0 Å². The first kappa shape index (κ1) is 25.1. The van der Waals surface area contributed by atoms with E-state index in [2.05, 4.69) is 67.2 Å². The van der Waals surface area contributed by atoms with Crippen molar-refractivity contribution in [3.63, 3.8) is 0 Å². The number of hydrogen-bond acceptors (Lipinski definition) is 7. The molecule has 0 atom stereocenters. The number of aromatic nitrogens is 3. The van der Waals surface area contributed by atoms with Crippen molar-refractivity contribution in [2.75, 3.05) is 44.7 Å². The molecule has 2 aliphatic rings. The predicted octanol–water partition coefficient (Wildman–Crippen LogP) is 3.64. The van der Waals surface area contributed by atoms with Crippen molar-refractivity contribution in [2.24, 2.45) is 0 Å². The first-order chi connectivity index (χ1) is 19.0.